The first-order chi connectivity index (χ1) is 13.6. The van der Waals surface area contributed by atoms with Crippen LogP contribution in [0.5, 0.6) is 5.75 Å². The Morgan fingerprint density at radius 1 is 1.14 bits per heavy atom. The topological polar surface area (TPSA) is 66.0 Å². The van der Waals surface area contributed by atoms with Crippen molar-refractivity contribution in [2.75, 3.05) is 32.6 Å². The number of ether oxygens (including phenoxy) is 1. The molecule has 0 saturated heterocycles. The molecular formula is C22H30N4O2. The van der Waals surface area contributed by atoms with E-state index in [9.17, 15) is 4.79 Å². The van der Waals surface area contributed by atoms with Crippen LogP contribution in [0.3, 0.4) is 0 Å². The molecule has 0 aromatic heterocycles. The normalized spacial score (nSPS) is 11.0. The highest BCUT2D eigenvalue weighted by Crippen LogP contribution is 2.11. The number of guanidine groups is 1. The summed E-state index contributed by atoms with van der Waals surface area (Å²) in [5.41, 5.74) is 1.89. The number of likely N-dealkylation sites (N-methyl/N-ethyl adjacent to an activating group) is 1. The molecule has 0 aliphatic heterocycles. The fourth-order valence-corrected chi connectivity index (χ4v) is 2.70. The van der Waals surface area contributed by atoms with Gasteiger partial charge in [0, 0.05) is 32.7 Å². The lowest BCUT2D eigenvalue weighted by Gasteiger charge is -2.22. The van der Waals surface area contributed by atoms with Gasteiger partial charge in [-0.2, -0.15) is 0 Å². The fraction of sp³-hybridized carbons (Fsp3) is 0.364. The molecule has 0 aliphatic rings. The first kappa shape index (κ1) is 21.3. The van der Waals surface area contributed by atoms with Crippen molar-refractivity contribution in [3.63, 3.8) is 0 Å². The first-order valence-corrected chi connectivity index (χ1v) is 9.60. The Morgan fingerprint density at radius 2 is 1.93 bits per heavy atom. The summed E-state index contributed by atoms with van der Waals surface area (Å²) < 4.78 is 5.74. The van der Waals surface area contributed by atoms with Crippen molar-refractivity contribution in [1.82, 2.24) is 10.2 Å². The Balaban J connectivity index is 1.81. The van der Waals surface area contributed by atoms with E-state index >= 15 is 0 Å². The van der Waals surface area contributed by atoms with Gasteiger partial charge in [-0.15, -0.1) is 0 Å². The molecule has 6 heteroatoms. The number of nitrogens with one attached hydrogen (secondary N) is 2. The molecule has 2 rings (SSSR count). The zero-order valence-corrected chi connectivity index (χ0v) is 16.9. The molecule has 2 aromatic rings. The number of nitrogens with zero attached hydrogens (tertiary/aromatic N) is 2. The third-order valence-electron chi connectivity index (χ3n) is 4.15. The lowest BCUT2D eigenvalue weighted by atomic mass is 10.2. The number of carbonyl (C=O) groups excluding carboxylic acids is 1. The molecule has 0 unspecified atom stereocenters. The monoisotopic (exact) mass is 382 g/mol. The quantitative estimate of drug-likeness (QED) is 0.514. The smallest absolute Gasteiger partial charge is 0.224 e. The molecule has 2 aromatic carbocycles. The molecule has 28 heavy (non-hydrogen) atoms. The van der Waals surface area contributed by atoms with E-state index in [2.05, 4.69) is 15.6 Å². The van der Waals surface area contributed by atoms with Gasteiger partial charge in [0.05, 0.1) is 6.54 Å². The minimum atomic E-state index is 0.0431. The Kier molecular flexibility index (Phi) is 8.85. The van der Waals surface area contributed by atoms with Gasteiger partial charge >= 0.3 is 0 Å². The molecule has 0 radical (unpaired) electrons. The van der Waals surface area contributed by atoms with Gasteiger partial charge in [0.1, 0.15) is 12.4 Å². The van der Waals surface area contributed by atoms with Gasteiger partial charge in [-0.25, -0.2) is 0 Å². The van der Waals surface area contributed by atoms with Crippen molar-refractivity contribution in [2.45, 2.75) is 26.3 Å². The maximum Gasteiger partial charge on any atom is 0.224 e. The summed E-state index contributed by atoms with van der Waals surface area (Å²) in [7, 11) is 3.74. The molecule has 0 heterocycles. The highest BCUT2D eigenvalue weighted by molar-refractivity contribution is 5.90. The highest BCUT2D eigenvalue weighted by Gasteiger charge is 2.07. The number of rotatable bonds is 9. The summed E-state index contributed by atoms with van der Waals surface area (Å²) in [4.78, 5) is 18.1. The standard InChI is InChI=1S/C22H30N4O2/c1-4-9-21(27)25-19-11-8-10-18(16-19)17-24-22(23-2)26(3)14-15-28-20-12-6-5-7-13-20/h5-8,10-13,16H,4,9,14-15,17H2,1-3H3,(H,23,24)(H,25,27). The van der Waals surface area contributed by atoms with Crippen LogP contribution < -0.4 is 15.4 Å². The van der Waals surface area contributed by atoms with Crippen molar-refractivity contribution < 1.29 is 9.53 Å². The molecule has 0 saturated carbocycles. The Hall–Kier alpha value is -3.02. The van der Waals surface area contributed by atoms with E-state index in [-0.39, 0.29) is 5.91 Å². The van der Waals surface area contributed by atoms with Gasteiger partial charge in [-0.1, -0.05) is 37.3 Å². The SMILES string of the molecule is CCCC(=O)Nc1cccc(CNC(=NC)N(C)CCOc2ccccc2)c1. The van der Waals surface area contributed by atoms with Gasteiger partial charge in [-0.05, 0) is 36.2 Å². The molecule has 0 bridgehead atoms. The van der Waals surface area contributed by atoms with Crippen molar-refractivity contribution in [2.24, 2.45) is 4.99 Å². The van der Waals surface area contributed by atoms with Crippen LogP contribution in [0.2, 0.25) is 0 Å². The van der Waals surface area contributed by atoms with Crippen LogP contribution in [0.15, 0.2) is 59.6 Å². The van der Waals surface area contributed by atoms with E-state index in [0.29, 0.717) is 26.1 Å². The third kappa shape index (κ3) is 7.31. The second kappa shape index (κ2) is 11.6. The lowest BCUT2D eigenvalue weighted by molar-refractivity contribution is -0.116. The first-order valence-electron chi connectivity index (χ1n) is 9.60. The number of aliphatic imine (C=N–C) groups is 1. The van der Waals surface area contributed by atoms with Crippen LogP contribution in [0.1, 0.15) is 25.3 Å². The van der Waals surface area contributed by atoms with Crippen LogP contribution in [0.4, 0.5) is 5.69 Å². The highest BCUT2D eigenvalue weighted by atomic mass is 16.5. The molecule has 0 spiro atoms. The number of amides is 1. The maximum atomic E-state index is 11.8. The number of benzene rings is 2. The second-order valence-electron chi connectivity index (χ2n) is 6.48. The zero-order chi connectivity index (χ0) is 20.2. The summed E-state index contributed by atoms with van der Waals surface area (Å²) in [6.07, 6.45) is 1.37. The molecular weight excluding hydrogens is 352 g/mol. The molecule has 150 valence electrons. The summed E-state index contributed by atoms with van der Waals surface area (Å²) in [6.45, 7) is 3.89. The van der Waals surface area contributed by atoms with Crippen molar-refractivity contribution in [3.8, 4) is 5.75 Å². The van der Waals surface area contributed by atoms with E-state index in [1.807, 2.05) is 73.5 Å². The summed E-state index contributed by atoms with van der Waals surface area (Å²) in [5.74, 6) is 1.69. The molecule has 0 fully saturated rings. The van der Waals surface area contributed by atoms with E-state index in [1.165, 1.54) is 0 Å². The van der Waals surface area contributed by atoms with Crippen LogP contribution in [-0.4, -0.2) is 44.0 Å². The van der Waals surface area contributed by atoms with Crippen LogP contribution in [-0.2, 0) is 11.3 Å². The molecule has 1 amide bonds. The van der Waals surface area contributed by atoms with Gasteiger partial charge < -0.3 is 20.3 Å². The predicted molar refractivity (Wildman–Crippen MR) is 115 cm³/mol. The number of hydrogen-bond acceptors (Lipinski definition) is 3. The van der Waals surface area contributed by atoms with Crippen LogP contribution in [0.25, 0.3) is 0 Å². The van der Waals surface area contributed by atoms with Gasteiger partial charge in [0.2, 0.25) is 5.91 Å². The summed E-state index contributed by atoms with van der Waals surface area (Å²) >= 11 is 0. The molecule has 6 nitrogen and oxygen atoms in total. The van der Waals surface area contributed by atoms with Crippen molar-refractivity contribution in [1.29, 1.82) is 0 Å². The third-order valence-corrected chi connectivity index (χ3v) is 4.15. The number of para-hydroxylation sites is 1. The summed E-state index contributed by atoms with van der Waals surface area (Å²) in [5, 5.41) is 6.27. The fourth-order valence-electron chi connectivity index (χ4n) is 2.70. The van der Waals surface area contributed by atoms with E-state index in [0.717, 1.165) is 29.4 Å². The Labute approximate surface area is 167 Å². The molecule has 0 aliphatic carbocycles. The van der Waals surface area contributed by atoms with Crippen LogP contribution >= 0.6 is 0 Å². The minimum Gasteiger partial charge on any atom is -0.492 e. The minimum absolute atomic E-state index is 0.0431. The van der Waals surface area contributed by atoms with Gasteiger partial charge in [0.25, 0.3) is 0 Å². The average molecular weight is 383 g/mol. The van der Waals surface area contributed by atoms with Gasteiger partial charge in [0.15, 0.2) is 5.96 Å². The van der Waals surface area contributed by atoms with Crippen LogP contribution in [0, 0.1) is 0 Å². The van der Waals surface area contributed by atoms with E-state index in [4.69, 9.17) is 4.74 Å². The number of carbonyl (C=O) groups is 1. The maximum absolute atomic E-state index is 11.8. The largest absolute Gasteiger partial charge is 0.492 e. The van der Waals surface area contributed by atoms with Crippen molar-refractivity contribution >= 4 is 17.6 Å². The average Bonchev–Trinajstić information content (AvgIpc) is 2.70. The second-order valence-corrected chi connectivity index (χ2v) is 6.48. The lowest BCUT2D eigenvalue weighted by Crippen LogP contribution is -2.40. The number of anilines is 1. The van der Waals surface area contributed by atoms with E-state index < -0.39 is 0 Å². The molecule has 0 atom stereocenters. The Morgan fingerprint density at radius 3 is 2.64 bits per heavy atom. The van der Waals surface area contributed by atoms with Crippen molar-refractivity contribution in [3.05, 3.63) is 60.2 Å². The molecule has 2 N–H and O–H groups in total. The van der Waals surface area contributed by atoms with E-state index in [1.54, 1.807) is 7.05 Å². The zero-order valence-electron chi connectivity index (χ0n) is 16.9. The Bertz CT molecular complexity index is 762. The predicted octanol–water partition coefficient (Wildman–Crippen LogP) is 3.51. The summed E-state index contributed by atoms with van der Waals surface area (Å²) in [6, 6.07) is 17.6. The van der Waals surface area contributed by atoms with Gasteiger partial charge in [-0.3, -0.25) is 9.79 Å². The number of hydrogen-bond donors (Lipinski definition) is 2.